The Morgan fingerprint density at radius 1 is 1.44 bits per heavy atom. The van der Waals surface area contributed by atoms with Gasteiger partial charge in [-0.15, -0.1) is 11.3 Å². The van der Waals surface area contributed by atoms with Crippen LogP contribution in [0.15, 0.2) is 34.9 Å². The maximum Gasteiger partial charge on any atom is 0.170 e. The molecule has 18 heavy (non-hydrogen) atoms. The number of fused-ring (bicyclic) bond motifs is 1. The van der Waals surface area contributed by atoms with Gasteiger partial charge in [-0.2, -0.15) is 0 Å². The predicted molar refractivity (Wildman–Crippen MR) is 67.4 cm³/mol. The molecule has 2 heterocycles. The van der Waals surface area contributed by atoms with Crippen LogP contribution in [0.4, 0.5) is 4.39 Å². The summed E-state index contributed by atoms with van der Waals surface area (Å²) < 4.78 is 19.3. The summed E-state index contributed by atoms with van der Waals surface area (Å²) in [5.74, 6) is -0.204. The Morgan fingerprint density at radius 3 is 2.94 bits per heavy atom. The number of halogens is 2. The predicted octanol–water partition coefficient (Wildman–Crippen LogP) is 3.76. The van der Waals surface area contributed by atoms with E-state index in [4.69, 9.17) is 16.0 Å². The van der Waals surface area contributed by atoms with Crippen LogP contribution in [0, 0.1) is 5.82 Å². The third kappa shape index (κ3) is 1.90. The molecule has 0 spiro atoms. The highest BCUT2D eigenvalue weighted by Gasteiger charge is 2.19. The molecule has 0 bridgehead atoms. The Balaban J connectivity index is 2.06. The minimum absolute atomic E-state index is 0.134. The van der Waals surface area contributed by atoms with Crippen molar-refractivity contribution in [3.63, 3.8) is 0 Å². The lowest BCUT2D eigenvalue weighted by Gasteiger charge is -2.01. The summed E-state index contributed by atoms with van der Waals surface area (Å²) in [7, 11) is 0. The van der Waals surface area contributed by atoms with Gasteiger partial charge >= 0.3 is 0 Å². The fourth-order valence-corrected chi connectivity index (χ4v) is 2.62. The molecular weight excluding hydrogens is 277 g/mol. The summed E-state index contributed by atoms with van der Waals surface area (Å²) >= 11 is 6.91. The van der Waals surface area contributed by atoms with Gasteiger partial charge in [-0.1, -0.05) is 23.7 Å². The van der Waals surface area contributed by atoms with E-state index < -0.39 is 11.9 Å². The molecule has 1 N–H and O–H groups in total. The van der Waals surface area contributed by atoms with Crippen molar-refractivity contribution in [1.82, 2.24) is 4.98 Å². The first kappa shape index (κ1) is 11.6. The minimum atomic E-state index is -1.03. The molecule has 1 unspecified atom stereocenters. The van der Waals surface area contributed by atoms with E-state index in [1.54, 1.807) is 18.2 Å². The molecule has 0 fully saturated rings. The van der Waals surface area contributed by atoms with Gasteiger partial charge in [0.1, 0.15) is 15.1 Å². The van der Waals surface area contributed by atoms with Gasteiger partial charge in [0.2, 0.25) is 0 Å². The van der Waals surface area contributed by atoms with Crippen LogP contribution in [0.3, 0.4) is 0 Å². The van der Waals surface area contributed by atoms with Crippen LogP contribution >= 0.6 is 22.9 Å². The largest absolute Gasteiger partial charge is 0.455 e. The van der Waals surface area contributed by atoms with Crippen molar-refractivity contribution in [3.8, 4) is 0 Å². The number of aromatic nitrogens is 1. The lowest BCUT2D eigenvalue weighted by atomic mass is 10.2. The van der Waals surface area contributed by atoms with Crippen molar-refractivity contribution < 1.29 is 13.9 Å². The molecule has 6 heteroatoms. The second kappa shape index (κ2) is 4.35. The highest BCUT2D eigenvalue weighted by atomic mass is 35.5. The molecular formula is C12H7ClFNO2S. The van der Waals surface area contributed by atoms with Crippen molar-refractivity contribution in [1.29, 1.82) is 0 Å². The Labute approximate surface area is 110 Å². The lowest BCUT2D eigenvalue weighted by Crippen LogP contribution is -1.96. The Hall–Kier alpha value is -1.43. The van der Waals surface area contributed by atoms with E-state index in [0.717, 1.165) is 11.3 Å². The van der Waals surface area contributed by atoms with Gasteiger partial charge in [0.15, 0.2) is 17.5 Å². The number of nitrogens with zero attached hydrogens (tertiary/aromatic N) is 1. The first-order valence-electron chi connectivity index (χ1n) is 5.12. The van der Waals surface area contributed by atoms with Gasteiger partial charge < -0.3 is 9.52 Å². The van der Waals surface area contributed by atoms with E-state index in [9.17, 15) is 9.50 Å². The number of para-hydroxylation sites is 1. The number of aliphatic hydroxyl groups is 1. The quantitative estimate of drug-likeness (QED) is 0.779. The molecule has 0 aliphatic heterocycles. The Morgan fingerprint density at radius 2 is 2.28 bits per heavy atom. The minimum Gasteiger partial charge on any atom is -0.455 e. The summed E-state index contributed by atoms with van der Waals surface area (Å²) in [4.78, 5) is 3.97. The molecule has 1 aromatic carbocycles. The zero-order chi connectivity index (χ0) is 12.7. The van der Waals surface area contributed by atoms with E-state index in [0.29, 0.717) is 14.7 Å². The molecule has 0 aliphatic rings. The second-order valence-electron chi connectivity index (χ2n) is 3.71. The van der Waals surface area contributed by atoms with Crippen molar-refractivity contribution in [2.24, 2.45) is 0 Å². The number of furan rings is 1. The molecule has 0 amide bonds. The average Bonchev–Trinajstić information content (AvgIpc) is 2.95. The average molecular weight is 284 g/mol. The van der Waals surface area contributed by atoms with Crippen LogP contribution in [0.5, 0.6) is 0 Å². The first-order chi connectivity index (χ1) is 8.65. The summed E-state index contributed by atoms with van der Waals surface area (Å²) in [6.45, 7) is 0. The molecule has 92 valence electrons. The van der Waals surface area contributed by atoms with Crippen molar-refractivity contribution in [2.45, 2.75) is 6.10 Å². The van der Waals surface area contributed by atoms with Gasteiger partial charge in [0, 0.05) is 5.39 Å². The van der Waals surface area contributed by atoms with Gasteiger partial charge in [0.05, 0.1) is 6.20 Å². The number of thiazole rings is 1. The van der Waals surface area contributed by atoms with Crippen LogP contribution < -0.4 is 0 Å². The Kier molecular flexibility index (Phi) is 2.81. The van der Waals surface area contributed by atoms with Crippen LogP contribution in [0.1, 0.15) is 16.9 Å². The number of rotatable bonds is 2. The van der Waals surface area contributed by atoms with E-state index in [1.807, 2.05) is 0 Å². The highest BCUT2D eigenvalue weighted by Crippen LogP contribution is 2.32. The van der Waals surface area contributed by atoms with Crippen LogP contribution in [-0.2, 0) is 0 Å². The van der Waals surface area contributed by atoms with E-state index in [1.165, 1.54) is 12.3 Å². The molecule has 3 nitrogen and oxygen atoms in total. The monoisotopic (exact) mass is 283 g/mol. The van der Waals surface area contributed by atoms with E-state index in [-0.39, 0.29) is 11.3 Å². The van der Waals surface area contributed by atoms with E-state index in [2.05, 4.69) is 4.98 Å². The van der Waals surface area contributed by atoms with E-state index >= 15 is 0 Å². The van der Waals surface area contributed by atoms with Crippen LogP contribution in [0.2, 0.25) is 4.34 Å². The Bertz CT molecular complexity index is 709. The number of hydrogen-bond acceptors (Lipinski definition) is 4. The smallest absolute Gasteiger partial charge is 0.170 e. The summed E-state index contributed by atoms with van der Waals surface area (Å²) in [6.07, 6.45) is 0.419. The highest BCUT2D eigenvalue weighted by molar-refractivity contribution is 7.15. The molecule has 0 saturated heterocycles. The molecule has 2 aromatic heterocycles. The summed E-state index contributed by atoms with van der Waals surface area (Å²) in [6, 6.07) is 6.21. The lowest BCUT2D eigenvalue weighted by molar-refractivity contribution is 0.191. The fourth-order valence-electron chi connectivity index (χ4n) is 1.70. The molecule has 0 saturated carbocycles. The summed E-state index contributed by atoms with van der Waals surface area (Å²) in [5, 5.41) is 11.1. The summed E-state index contributed by atoms with van der Waals surface area (Å²) in [5.41, 5.74) is 0.134. The molecule has 3 aromatic rings. The van der Waals surface area contributed by atoms with Crippen LogP contribution in [0.25, 0.3) is 11.0 Å². The molecule has 0 radical (unpaired) electrons. The molecule has 3 rings (SSSR count). The number of hydrogen-bond donors (Lipinski definition) is 1. The van der Waals surface area contributed by atoms with Gasteiger partial charge in [-0.05, 0) is 12.1 Å². The van der Waals surface area contributed by atoms with Crippen molar-refractivity contribution >= 4 is 33.9 Å². The van der Waals surface area contributed by atoms with Crippen molar-refractivity contribution in [3.05, 3.63) is 51.4 Å². The maximum atomic E-state index is 13.5. The SMILES string of the molecule is OC(c1cc2cccc(F)c2o1)c1ncc(Cl)s1. The normalized spacial score (nSPS) is 13.1. The number of aliphatic hydroxyl groups excluding tert-OH is 1. The second-order valence-corrected chi connectivity index (χ2v) is 5.41. The third-order valence-corrected chi connectivity index (χ3v) is 3.68. The topological polar surface area (TPSA) is 46.3 Å². The molecule has 0 aliphatic carbocycles. The zero-order valence-electron chi connectivity index (χ0n) is 8.93. The van der Waals surface area contributed by atoms with Gasteiger partial charge in [0.25, 0.3) is 0 Å². The first-order valence-corrected chi connectivity index (χ1v) is 6.32. The standard InChI is InChI=1S/C12H7ClFNO2S/c13-9-5-15-12(18-9)10(16)8-4-6-2-1-3-7(14)11(6)17-8/h1-5,10,16H. The zero-order valence-corrected chi connectivity index (χ0v) is 10.5. The third-order valence-electron chi connectivity index (χ3n) is 2.51. The van der Waals surface area contributed by atoms with Crippen LogP contribution in [-0.4, -0.2) is 10.1 Å². The van der Waals surface area contributed by atoms with Gasteiger partial charge in [-0.3, -0.25) is 0 Å². The molecule has 1 atom stereocenters. The number of benzene rings is 1. The van der Waals surface area contributed by atoms with Gasteiger partial charge in [-0.25, -0.2) is 9.37 Å². The maximum absolute atomic E-state index is 13.5. The van der Waals surface area contributed by atoms with Crippen molar-refractivity contribution in [2.75, 3.05) is 0 Å². The fraction of sp³-hybridized carbons (Fsp3) is 0.0833.